The molecule has 0 spiro atoms. The predicted molar refractivity (Wildman–Crippen MR) is 42.1 cm³/mol. The third-order valence-electron chi connectivity index (χ3n) is 1.61. The van der Waals surface area contributed by atoms with E-state index in [1.54, 1.807) is 7.11 Å². The molecule has 0 rings (SSSR count). The molecule has 2 heteroatoms. The quantitative estimate of drug-likeness (QED) is 0.549. The average Bonchev–Trinajstić information content (AvgIpc) is 1.88. The van der Waals surface area contributed by atoms with E-state index in [-0.39, 0.29) is 0 Å². The monoisotopic (exact) mass is 146 g/mol. The fraction of sp³-hybridized carbons (Fsp3) is 1.00. The maximum atomic E-state index is 5.42. The largest absolute Gasteiger partial charge is 0.382 e. The van der Waals surface area contributed by atoms with Crippen LogP contribution in [0.25, 0.3) is 0 Å². The van der Waals surface area contributed by atoms with Crippen LogP contribution in [-0.2, 0) is 9.47 Å². The Balaban J connectivity index is 3.13. The molecule has 1 unspecified atom stereocenters. The highest BCUT2D eigenvalue weighted by Gasteiger charge is 2.05. The van der Waals surface area contributed by atoms with Gasteiger partial charge in [-0.15, -0.1) is 0 Å². The van der Waals surface area contributed by atoms with Crippen molar-refractivity contribution in [3.05, 3.63) is 0 Å². The first kappa shape index (κ1) is 9.92. The van der Waals surface area contributed by atoms with Gasteiger partial charge in [-0.1, -0.05) is 13.8 Å². The molecule has 10 heavy (non-hydrogen) atoms. The summed E-state index contributed by atoms with van der Waals surface area (Å²) in [5.41, 5.74) is 0. The van der Waals surface area contributed by atoms with E-state index in [1.165, 1.54) is 0 Å². The Morgan fingerprint density at radius 1 is 1.10 bits per heavy atom. The van der Waals surface area contributed by atoms with Crippen molar-refractivity contribution >= 4 is 0 Å². The molecule has 0 aromatic heterocycles. The van der Waals surface area contributed by atoms with Gasteiger partial charge in [0.2, 0.25) is 0 Å². The van der Waals surface area contributed by atoms with Crippen LogP contribution in [0.4, 0.5) is 0 Å². The number of hydrogen-bond acceptors (Lipinski definition) is 2. The predicted octanol–water partition coefficient (Wildman–Crippen LogP) is 1.69. The number of ether oxygens (including phenoxy) is 2. The Morgan fingerprint density at radius 2 is 1.70 bits per heavy atom. The molecule has 0 aliphatic carbocycles. The van der Waals surface area contributed by atoms with Gasteiger partial charge >= 0.3 is 0 Å². The van der Waals surface area contributed by atoms with Crippen LogP contribution in [0.2, 0.25) is 0 Å². The zero-order valence-corrected chi connectivity index (χ0v) is 7.39. The Kier molecular flexibility index (Phi) is 5.64. The van der Waals surface area contributed by atoms with Gasteiger partial charge in [-0.2, -0.15) is 0 Å². The molecule has 0 saturated heterocycles. The second-order valence-electron chi connectivity index (χ2n) is 2.81. The second kappa shape index (κ2) is 5.69. The molecule has 62 valence electrons. The third-order valence-corrected chi connectivity index (χ3v) is 1.61. The van der Waals surface area contributed by atoms with Crippen molar-refractivity contribution in [3.8, 4) is 0 Å². The molecule has 0 aromatic rings. The second-order valence-corrected chi connectivity index (χ2v) is 2.81. The summed E-state index contributed by atoms with van der Waals surface area (Å²) < 4.78 is 10.3. The molecule has 1 atom stereocenters. The minimum absolute atomic E-state index is 0.343. The zero-order chi connectivity index (χ0) is 7.98. The lowest BCUT2D eigenvalue weighted by Gasteiger charge is -2.15. The lowest BCUT2D eigenvalue weighted by atomic mass is 10.1. The zero-order valence-electron chi connectivity index (χ0n) is 7.39. The topological polar surface area (TPSA) is 18.5 Å². The molecule has 0 bridgehead atoms. The molecule has 0 aliphatic rings. The van der Waals surface area contributed by atoms with Gasteiger partial charge < -0.3 is 9.47 Å². The van der Waals surface area contributed by atoms with Gasteiger partial charge in [0, 0.05) is 7.11 Å². The van der Waals surface area contributed by atoms with Crippen molar-refractivity contribution in [2.24, 2.45) is 5.92 Å². The molecular formula is C8H18O2. The highest BCUT2D eigenvalue weighted by atomic mass is 16.5. The van der Waals surface area contributed by atoms with Crippen molar-refractivity contribution < 1.29 is 9.47 Å². The molecule has 0 amide bonds. The first-order chi connectivity index (χ1) is 4.68. The van der Waals surface area contributed by atoms with E-state index in [0.717, 1.165) is 0 Å². The van der Waals surface area contributed by atoms with Gasteiger partial charge in [-0.3, -0.25) is 0 Å². The van der Waals surface area contributed by atoms with Crippen LogP contribution in [-0.4, -0.2) is 26.4 Å². The smallest absolute Gasteiger partial charge is 0.0704 e. The summed E-state index contributed by atoms with van der Waals surface area (Å²) in [5, 5.41) is 0. The Bertz CT molecular complexity index is 71.7. The van der Waals surface area contributed by atoms with E-state index in [2.05, 4.69) is 20.8 Å². The van der Waals surface area contributed by atoms with Crippen molar-refractivity contribution in [1.82, 2.24) is 0 Å². The first-order valence-corrected chi connectivity index (χ1v) is 3.79. The van der Waals surface area contributed by atoms with E-state index >= 15 is 0 Å². The number of hydrogen-bond donors (Lipinski definition) is 0. The summed E-state index contributed by atoms with van der Waals surface area (Å²) in [6.45, 7) is 7.78. The van der Waals surface area contributed by atoms with E-state index in [1.807, 2.05) is 0 Å². The summed E-state index contributed by atoms with van der Waals surface area (Å²) in [4.78, 5) is 0. The highest BCUT2D eigenvalue weighted by Crippen LogP contribution is 2.03. The molecule has 0 N–H and O–H groups in total. The Labute approximate surface area is 63.5 Å². The van der Waals surface area contributed by atoms with Crippen LogP contribution in [0.3, 0.4) is 0 Å². The molecule has 0 fully saturated rings. The van der Waals surface area contributed by atoms with Crippen LogP contribution < -0.4 is 0 Å². The molecule has 0 aromatic carbocycles. The molecular weight excluding hydrogens is 128 g/mol. The van der Waals surface area contributed by atoms with E-state index < -0.39 is 0 Å². The highest BCUT2D eigenvalue weighted by molar-refractivity contribution is 4.53. The standard InChI is InChI=1S/C8H18O2/c1-7(2)8(3)10-6-5-9-4/h7-8H,5-6H2,1-4H3. The van der Waals surface area contributed by atoms with Crippen molar-refractivity contribution in [3.63, 3.8) is 0 Å². The van der Waals surface area contributed by atoms with Crippen LogP contribution in [0, 0.1) is 5.92 Å². The minimum atomic E-state index is 0.343. The molecule has 2 nitrogen and oxygen atoms in total. The fourth-order valence-corrected chi connectivity index (χ4v) is 0.510. The third kappa shape index (κ3) is 4.77. The van der Waals surface area contributed by atoms with Crippen LogP contribution >= 0.6 is 0 Å². The summed E-state index contributed by atoms with van der Waals surface area (Å²) in [6, 6.07) is 0. The summed E-state index contributed by atoms with van der Waals surface area (Å²) in [6.07, 6.45) is 0.343. The van der Waals surface area contributed by atoms with E-state index in [9.17, 15) is 0 Å². The van der Waals surface area contributed by atoms with Gasteiger partial charge in [0.15, 0.2) is 0 Å². The maximum Gasteiger partial charge on any atom is 0.0704 e. The first-order valence-electron chi connectivity index (χ1n) is 3.79. The fourth-order valence-electron chi connectivity index (χ4n) is 0.510. The maximum absolute atomic E-state index is 5.42. The van der Waals surface area contributed by atoms with Crippen LogP contribution in [0.5, 0.6) is 0 Å². The number of methoxy groups -OCH3 is 1. The van der Waals surface area contributed by atoms with Crippen LogP contribution in [0.15, 0.2) is 0 Å². The van der Waals surface area contributed by atoms with Gasteiger partial charge in [0.05, 0.1) is 19.3 Å². The van der Waals surface area contributed by atoms with Gasteiger partial charge in [-0.25, -0.2) is 0 Å². The van der Waals surface area contributed by atoms with E-state index in [4.69, 9.17) is 9.47 Å². The average molecular weight is 146 g/mol. The van der Waals surface area contributed by atoms with E-state index in [0.29, 0.717) is 25.2 Å². The molecule has 0 radical (unpaired) electrons. The van der Waals surface area contributed by atoms with Gasteiger partial charge in [-0.05, 0) is 12.8 Å². The summed E-state index contributed by atoms with van der Waals surface area (Å²) in [7, 11) is 1.68. The summed E-state index contributed by atoms with van der Waals surface area (Å²) in [5.74, 6) is 0.594. The van der Waals surface area contributed by atoms with Crippen molar-refractivity contribution in [2.45, 2.75) is 26.9 Å². The van der Waals surface area contributed by atoms with Crippen molar-refractivity contribution in [1.29, 1.82) is 0 Å². The number of rotatable bonds is 5. The van der Waals surface area contributed by atoms with Crippen molar-refractivity contribution in [2.75, 3.05) is 20.3 Å². The molecule has 0 saturated carbocycles. The van der Waals surface area contributed by atoms with Gasteiger partial charge in [0.1, 0.15) is 0 Å². The van der Waals surface area contributed by atoms with Gasteiger partial charge in [0.25, 0.3) is 0 Å². The lowest BCUT2D eigenvalue weighted by molar-refractivity contribution is 0.00475. The molecule has 0 heterocycles. The minimum Gasteiger partial charge on any atom is -0.382 e. The van der Waals surface area contributed by atoms with Crippen LogP contribution in [0.1, 0.15) is 20.8 Å². The Hall–Kier alpha value is -0.0800. The Morgan fingerprint density at radius 3 is 2.10 bits per heavy atom. The summed E-state index contributed by atoms with van der Waals surface area (Å²) >= 11 is 0. The lowest BCUT2D eigenvalue weighted by Crippen LogP contribution is -2.17. The SMILES string of the molecule is COCCOC(C)C(C)C. The molecule has 0 aliphatic heterocycles. The normalized spacial score (nSPS) is 14.1.